The van der Waals surface area contributed by atoms with Crippen molar-refractivity contribution in [2.45, 2.75) is 0 Å². The maximum atomic E-state index is 12.2. The monoisotopic (exact) mass is 350 g/mol. The fourth-order valence-electron chi connectivity index (χ4n) is 2.29. The molecule has 0 saturated carbocycles. The molecular formula is C16H12Cl2N2O3. The molecule has 2 aromatic rings. The number of nitrogens with one attached hydrogen (secondary N) is 1. The molecule has 5 nitrogen and oxygen atoms in total. The molecule has 1 amide bonds. The number of hydrogen-bond donors (Lipinski definition) is 1. The van der Waals surface area contributed by atoms with Crippen LogP contribution in [0.3, 0.4) is 0 Å². The van der Waals surface area contributed by atoms with Gasteiger partial charge in [-0.05, 0) is 30.3 Å². The van der Waals surface area contributed by atoms with E-state index >= 15 is 0 Å². The minimum absolute atomic E-state index is 0.0197. The van der Waals surface area contributed by atoms with Crippen LogP contribution < -0.4 is 15.0 Å². The van der Waals surface area contributed by atoms with E-state index in [1.165, 1.54) is 0 Å². The maximum absolute atomic E-state index is 12.2. The maximum Gasteiger partial charge on any atom is 0.331 e. The Labute approximate surface area is 142 Å². The van der Waals surface area contributed by atoms with Crippen LogP contribution in [0.4, 0.5) is 11.4 Å². The highest BCUT2D eigenvalue weighted by atomic mass is 35.5. The van der Waals surface area contributed by atoms with Gasteiger partial charge in [-0.1, -0.05) is 35.3 Å². The molecule has 1 aliphatic heterocycles. The Hall–Kier alpha value is -2.24. The highest BCUT2D eigenvalue weighted by Gasteiger charge is 2.25. The van der Waals surface area contributed by atoms with Gasteiger partial charge in [-0.15, -0.1) is 0 Å². The predicted octanol–water partition coefficient (Wildman–Crippen LogP) is 3.36. The number of carbonyl (C=O) groups is 2. The molecule has 1 aliphatic rings. The molecule has 1 heterocycles. The second kappa shape index (κ2) is 6.48. The quantitative estimate of drug-likeness (QED) is 0.681. The number of amides is 1. The third-order valence-corrected chi connectivity index (χ3v) is 4.03. The van der Waals surface area contributed by atoms with Crippen molar-refractivity contribution in [3.63, 3.8) is 0 Å². The number of nitrogens with zero attached hydrogens (tertiary/aromatic N) is 1. The van der Waals surface area contributed by atoms with Crippen LogP contribution >= 0.6 is 23.2 Å². The molecule has 2 aromatic carbocycles. The van der Waals surface area contributed by atoms with Gasteiger partial charge in [0.25, 0.3) is 0 Å². The summed E-state index contributed by atoms with van der Waals surface area (Å²) < 4.78 is 5.15. The minimum atomic E-state index is -0.397. The van der Waals surface area contributed by atoms with Gasteiger partial charge < -0.3 is 15.0 Å². The number of anilines is 2. The fourth-order valence-corrected chi connectivity index (χ4v) is 2.59. The standard InChI is InChI=1S/C16H12Cl2N2O3/c17-11-6-5-10(7-12(11)18)19-15(21)8-20-9-16(22)23-14-4-2-1-3-13(14)20/h1-7H,8-9H2,(H,19,21). The van der Waals surface area contributed by atoms with E-state index in [9.17, 15) is 9.59 Å². The minimum Gasteiger partial charge on any atom is -0.423 e. The van der Waals surface area contributed by atoms with Gasteiger partial charge >= 0.3 is 5.97 Å². The average molecular weight is 351 g/mol. The van der Waals surface area contributed by atoms with Crippen LogP contribution in [0.5, 0.6) is 5.75 Å². The first kappa shape index (κ1) is 15.6. The number of halogens is 2. The summed E-state index contributed by atoms with van der Waals surface area (Å²) in [6, 6.07) is 11.9. The van der Waals surface area contributed by atoms with Crippen molar-refractivity contribution in [3.05, 3.63) is 52.5 Å². The largest absolute Gasteiger partial charge is 0.423 e. The SMILES string of the molecule is O=C(CN1CC(=O)Oc2ccccc21)Nc1ccc(Cl)c(Cl)c1. The van der Waals surface area contributed by atoms with Crippen LogP contribution in [0.25, 0.3) is 0 Å². The van der Waals surface area contributed by atoms with E-state index in [1.807, 2.05) is 6.07 Å². The molecule has 0 spiro atoms. The first-order valence-electron chi connectivity index (χ1n) is 6.82. The lowest BCUT2D eigenvalue weighted by Gasteiger charge is -2.29. The summed E-state index contributed by atoms with van der Waals surface area (Å²) in [5, 5.41) is 3.50. The molecule has 23 heavy (non-hydrogen) atoms. The molecular weight excluding hydrogens is 339 g/mol. The highest BCUT2D eigenvalue weighted by Crippen LogP contribution is 2.31. The number of esters is 1. The van der Waals surface area contributed by atoms with Gasteiger partial charge in [-0.3, -0.25) is 4.79 Å². The Morgan fingerprint density at radius 3 is 2.74 bits per heavy atom. The molecule has 118 valence electrons. The van der Waals surface area contributed by atoms with Crippen molar-refractivity contribution in [2.75, 3.05) is 23.3 Å². The summed E-state index contributed by atoms with van der Waals surface area (Å²) >= 11 is 11.8. The Balaban J connectivity index is 1.73. The van der Waals surface area contributed by atoms with Gasteiger partial charge in [0.15, 0.2) is 5.75 Å². The second-order valence-corrected chi connectivity index (χ2v) is 5.79. The molecule has 0 aliphatic carbocycles. The zero-order valence-corrected chi connectivity index (χ0v) is 13.4. The molecule has 0 atom stereocenters. The molecule has 0 radical (unpaired) electrons. The Kier molecular flexibility index (Phi) is 4.41. The number of rotatable bonds is 3. The summed E-state index contributed by atoms with van der Waals surface area (Å²) in [5.41, 5.74) is 1.24. The molecule has 7 heteroatoms. The highest BCUT2D eigenvalue weighted by molar-refractivity contribution is 6.42. The predicted molar refractivity (Wildman–Crippen MR) is 89.4 cm³/mol. The van der Waals surface area contributed by atoms with Gasteiger partial charge in [0.2, 0.25) is 5.91 Å². The molecule has 0 saturated heterocycles. The summed E-state index contributed by atoms with van der Waals surface area (Å²) in [6.07, 6.45) is 0. The van der Waals surface area contributed by atoms with E-state index in [0.717, 1.165) is 0 Å². The van der Waals surface area contributed by atoms with Crippen molar-refractivity contribution >= 4 is 46.5 Å². The lowest BCUT2D eigenvalue weighted by atomic mass is 10.2. The van der Waals surface area contributed by atoms with Gasteiger partial charge in [0, 0.05) is 5.69 Å². The molecule has 0 fully saturated rings. The van der Waals surface area contributed by atoms with E-state index in [0.29, 0.717) is 27.2 Å². The van der Waals surface area contributed by atoms with Crippen LogP contribution in [0.2, 0.25) is 10.0 Å². The number of hydrogen-bond acceptors (Lipinski definition) is 4. The molecule has 0 aromatic heterocycles. The summed E-state index contributed by atoms with van der Waals surface area (Å²) in [4.78, 5) is 25.5. The topological polar surface area (TPSA) is 58.6 Å². The van der Waals surface area contributed by atoms with E-state index in [4.69, 9.17) is 27.9 Å². The zero-order chi connectivity index (χ0) is 16.4. The van der Waals surface area contributed by atoms with Crippen LogP contribution in [0, 0.1) is 0 Å². The zero-order valence-electron chi connectivity index (χ0n) is 11.9. The molecule has 3 rings (SSSR count). The van der Waals surface area contributed by atoms with Crippen LogP contribution in [0.1, 0.15) is 0 Å². The van der Waals surface area contributed by atoms with E-state index in [2.05, 4.69) is 5.32 Å². The molecule has 0 bridgehead atoms. The number of carbonyl (C=O) groups excluding carboxylic acids is 2. The number of para-hydroxylation sites is 2. The number of fused-ring (bicyclic) bond motifs is 1. The normalized spacial score (nSPS) is 13.3. The van der Waals surface area contributed by atoms with E-state index in [1.54, 1.807) is 41.3 Å². The first-order valence-corrected chi connectivity index (χ1v) is 7.58. The van der Waals surface area contributed by atoms with Crippen molar-refractivity contribution in [1.82, 2.24) is 0 Å². The average Bonchev–Trinajstić information content (AvgIpc) is 2.51. The van der Waals surface area contributed by atoms with Gasteiger partial charge in [-0.25, -0.2) is 4.79 Å². The van der Waals surface area contributed by atoms with Crippen molar-refractivity contribution < 1.29 is 14.3 Å². The lowest BCUT2D eigenvalue weighted by molar-refractivity contribution is -0.133. The van der Waals surface area contributed by atoms with Crippen molar-refractivity contribution in [1.29, 1.82) is 0 Å². The number of benzene rings is 2. The Morgan fingerprint density at radius 1 is 1.17 bits per heavy atom. The van der Waals surface area contributed by atoms with Gasteiger partial charge in [0.05, 0.1) is 22.3 Å². The molecule has 1 N–H and O–H groups in total. The Morgan fingerprint density at radius 2 is 1.96 bits per heavy atom. The smallest absolute Gasteiger partial charge is 0.331 e. The summed E-state index contributed by atoms with van der Waals surface area (Å²) in [6.45, 7) is 0.0398. The number of ether oxygens (including phenoxy) is 1. The third-order valence-electron chi connectivity index (χ3n) is 3.29. The first-order chi connectivity index (χ1) is 11.0. The van der Waals surface area contributed by atoms with Crippen LogP contribution in [0.15, 0.2) is 42.5 Å². The van der Waals surface area contributed by atoms with E-state index in [-0.39, 0.29) is 19.0 Å². The fraction of sp³-hybridized carbons (Fsp3) is 0.125. The van der Waals surface area contributed by atoms with Gasteiger partial charge in [-0.2, -0.15) is 0 Å². The van der Waals surface area contributed by atoms with Crippen LogP contribution in [-0.2, 0) is 9.59 Å². The second-order valence-electron chi connectivity index (χ2n) is 4.97. The van der Waals surface area contributed by atoms with E-state index < -0.39 is 5.97 Å². The third kappa shape index (κ3) is 3.57. The van der Waals surface area contributed by atoms with Gasteiger partial charge in [0.1, 0.15) is 6.54 Å². The Bertz CT molecular complexity index is 780. The van der Waals surface area contributed by atoms with Crippen LogP contribution in [-0.4, -0.2) is 25.0 Å². The summed E-state index contributed by atoms with van der Waals surface area (Å²) in [7, 11) is 0. The van der Waals surface area contributed by atoms with Crippen molar-refractivity contribution in [2.24, 2.45) is 0 Å². The molecule has 0 unspecified atom stereocenters. The van der Waals surface area contributed by atoms with Crippen molar-refractivity contribution in [3.8, 4) is 5.75 Å². The summed E-state index contributed by atoms with van der Waals surface area (Å²) in [5.74, 6) is -0.218. The lowest BCUT2D eigenvalue weighted by Crippen LogP contribution is -2.41.